The molecule has 0 radical (unpaired) electrons. The highest BCUT2D eigenvalue weighted by molar-refractivity contribution is 6.11. The molecule has 0 fully saturated rings. The van der Waals surface area contributed by atoms with Crippen molar-refractivity contribution < 1.29 is 29.6 Å². The van der Waals surface area contributed by atoms with Crippen molar-refractivity contribution in [3.05, 3.63) is 75.9 Å². The van der Waals surface area contributed by atoms with Gasteiger partial charge in [0.15, 0.2) is 0 Å². The molecule has 2 unspecified atom stereocenters. The molecule has 196 valence electrons. The lowest BCUT2D eigenvalue weighted by molar-refractivity contribution is -0.0597. The second kappa shape index (κ2) is 10.4. The molecule has 4 rings (SSSR count). The molecule has 0 bridgehead atoms. The summed E-state index contributed by atoms with van der Waals surface area (Å²) in [6.07, 6.45) is 7.16. The summed E-state index contributed by atoms with van der Waals surface area (Å²) in [5.41, 5.74) is 3.96. The van der Waals surface area contributed by atoms with Crippen molar-refractivity contribution in [1.29, 1.82) is 0 Å². The summed E-state index contributed by atoms with van der Waals surface area (Å²) in [6.45, 7) is 8.41. The van der Waals surface area contributed by atoms with Crippen molar-refractivity contribution in [3.8, 4) is 11.5 Å². The van der Waals surface area contributed by atoms with Gasteiger partial charge in [-0.05, 0) is 83.7 Å². The van der Waals surface area contributed by atoms with Crippen LogP contribution in [0.4, 0.5) is 5.69 Å². The third-order valence-corrected chi connectivity index (χ3v) is 7.34. The lowest BCUT2D eigenvalue weighted by Gasteiger charge is -2.40. The fraction of sp³-hybridized carbons (Fsp3) is 0.400. The van der Waals surface area contributed by atoms with E-state index in [9.17, 15) is 19.8 Å². The number of aromatic carboxylic acids is 1. The molecule has 37 heavy (non-hydrogen) atoms. The first-order chi connectivity index (χ1) is 17.5. The van der Waals surface area contributed by atoms with Gasteiger partial charge in [-0.2, -0.15) is 0 Å². The van der Waals surface area contributed by atoms with Gasteiger partial charge in [-0.25, -0.2) is 4.79 Å². The number of aliphatic hydroxyl groups is 1. The summed E-state index contributed by atoms with van der Waals surface area (Å²) in [6, 6.07) is 7.56. The number of rotatable bonds is 8. The zero-order valence-corrected chi connectivity index (χ0v) is 21.9. The second-order valence-electron chi connectivity index (χ2n) is 10.5. The van der Waals surface area contributed by atoms with E-state index in [0.717, 1.165) is 19.3 Å². The average Bonchev–Trinajstić information content (AvgIpc) is 3.16. The van der Waals surface area contributed by atoms with E-state index in [1.54, 1.807) is 17.0 Å². The Hall–Kier alpha value is -3.58. The number of carboxylic acids is 1. The molecule has 2 atom stereocenters. The number of aromatic hydroxyl groups is 1. The first-order valence-electron chi connectivity index (χ1n) is 12.7. The summed E-state index contributed by atoms with van der Waals surface area (Å²) in [4.78, 5) is 26.0. The molecule has 1 amide bonds. The normalized spacial score (nSPS) is 20.8. The molecular formula is C30H35NO6. The van der Waals surface area contributed by atoms with E-state index in [1.165, 1.54) is 29.3 Å². The zero-order chi connectivity index (χ0) is 26.9. The molecule has 3 N–H and O–H groups in total. The number of amides is 1. The number of hydrogen-bond acceptors (Lipinski definition) is 5. The number of benzene rings is 2. The molecule has 0 saturated heterocycles. The number of carbonyl (C=O) groups excluding carboxylic acids is 1. The summed E-state index contributed by atoms with van der Waals surface area (Å²) < 4.78 is 6.43. The van der Waals surface area contributed by atoms with Crippen molar-refractivity contribution >= 4 is 17.6 Å². The van der Waals surface area contributed by atoms with Crippen molar-refractivity contribution in [2.45, 2.75) is 78.0 Å². The lowest BCUT2D eigenvalue weighted by atomic mass is 9.84. The van der Waals surface area contributed by atoms with Gasteiger partial charge in [-0.15, -0.1) is 0 Å². The number of phenols is 1. The molecule has 2 aromatic rings. The summed E-state index contributed by atoms with van der Waals surface area (Å²) >= 11 is 0. The Morgan fingerprint density at radius 2 is 1.84 bits per heavy atom. The number of ether oxygens (including phenoxy) is 1. The maximum atomic E-state index is 13.2. The topological polar surface area (TPSA) is 107 Å². The third kappa shape index (κ3) is 5.42. The number of nitrogens with zero attached hydrogens (tertiary/aromatic N) is 1. The third-order valence-electron chi connectivity index (χ3n) is 7.34. The van der Waals surface area contributed by atoms with Crippen molar-refractivity contribution in [1.82, 2.24) is 0 Å². The van der Waals surface area contributed by atoms with E-state index in [0.29, 0.717) is 34.5 Å². The number of allylic oxidation sites excluding steroid dienone is 4. The van der Waals surface area contributed by atoms with Crippen LogP contribution in [0.15, 0.2) is 53.6 Å². The molecule has 2 aliphatic heterocycles. The molecule has 2 heterocycles. The fourth-order valence-corrected chi connectivity index (χ4v) is 4.99. The number of aliphatic hydroxyl groups excluding tert-OH is 1. The molecule has 2 aromatic carbocycles. The zero-order valence-electron chi connectivity index (χ0n) is 21.9. The number of hydrogen-bond donors (Lipinski definition) is 3. The predicted octanol–water partition coefficient (Wildman–Crippen LogP) is 5.78. The van der Waals surface area contributed by atoms with E-state index >= 15 is 0 Å². The number of fused-ring (bicyclic) bond motifs is 3. The largest absolute Gasteiger partial charge is 0.508 e. The maximum Gasteiger partial charge on any atom is 0.335 e. The van der Waals surface area contributed by atoms with Gasteiger partial charge in [0.05, 0.1) is 23.8 Å². The van der Waals surface area contributed by atoms with E-state index in [1.807, 2.05) is 6.92 Å². The Balaban J connectivity index is 1.55. The van der Waals surface area contributed by atoms with Gasteiger partial charge in [-0.1, -0.05) is 23.3 Å². The number of carbonyl (C=O) groups is 2. The SMILES string of the molecule is CC(C)=CCCC(C)=CCCC1(C)Oc2c(c(O)cc3c2CN(c2ccc(C(=O)O)cc2)C3=O)CC1O. The van der Waals surface area contributed by atoms with Crippen LogP contribution in [0.3, 0.4) is 0 Å². The highest BCUT2D eigenvalue weighted by Crippen LogP contribution is 2.47. The van der Waals surface area contributed by atoms with E-state index in [-0.39, 0.29) is 30.2 Å². The lowest BCUT2D eigenvalue weighted by Crippen LogP contribution is -2.49. The van der Waals surface area contributed by atoms with Gasteiger partial charge in [0.2, 0.25) is 0 Å². The highest BCUT2D eigenvalue weighted by atomic mass is 16.5. The molecule has 0 aliphatic carbocycles. The summed E-state index contributed by atoms with van der Waals surface area (Å²) in [7, 11) is 0. The Morgan fingerprint density at radius 3 is 2.49 bits per heavy atom. The minimum atomic E-state index is -1.04. The smallest absolute Gasteiger partial charge is 0.335 e. The van der Waals surface area contributed by atoms with Crippen LogP contribution in [0.5, 0.6) is 11.5 Å². The van der Waals surface area contributed by atoms with Gasteiger partial charge < -0.3 is 25.0 Å². The van der Waals surface area contributed by atoms with Gasteiger partial charge in [0, 0.05) is 23.2 Å². The molecule has 2 aliphatic rings. The van der Waals surface area contributed by atoms with Gasteiger partial charge in [0.25, 0.3) is 5.91 Å². The van der Waals surface area contributed by atoms with Crippen LogP contribution < -0.4 is 9.64 Å². The van der Waals surface area contributed by atoms with Gasteiger partial charge >= 0.3 is 5.97 Å². The quantitative estimate of drug-likeness (QED) is 0.393. The standard InChI is InChI=1S/C30H35NO6/c1-18(2)7-5-8-19(3)9-6-14-30(4)26(33)16-23-25(32)15-22-24(27(23)37-30)17-31(28(22)34)21-12-10-20(11-13-21)29(35)36/h7,9-13,15,26,32-33H,5-6,8,14,16-17H2,1-4H3,(H,35,36). The first kappa shape index (κ1) is 26.5. The van der Waals surface area contributed by atoms with Gasteiger partial charge in [0.1, 0.15) is 17.1 Å². The van der Waals surface area contributed by atoms with Crippen molar-refractivity contribution in [2.24, 2.45) is 0 Å². The molecular weight excluding hydrogens is 470 g/mol. The minimum absolute atomic E-state index is 0.0683. The predicted molar refractivity (Wildman–Crippen MR) is 142 cm³/mol. The Bertz CT molecular complexity index is 1270. The number of anilines is 1. The van der Waals surface area contributed by atoms with E-state index in [4.69, 9.17) is 9.84 Å². The Labute approximate surface area is 217 Å². The monoisotopic (exact) mass is 505 g/mol. The van der Waals surface area contributed by atoms with Crippen LogP contribution in [0, 0.1) is 0 Å². The van der Waals surface area contributed by atoms with E-state index in [2.05, 4.69) is 32.9 Å². The second-order valence-corrected chi connectivity index (χ2v) is 10.5. The van der Waals surface area contributed by atoms with Crippen LogP contribution in [0.1, 0.15) is 85.2 Å². The van der Waals surface area contributed by atoms with Crippen LogP contribution in [0.2, 0.25) is 0 Å². The molecule has 0 saturated carbocycles. The van der Waals surface area contributed by atoms with Crippen LogP contribution in [-0.2, 0) is 13.0 Å². The summed E-state index contributed by atoms with van der Waals surface area (Å²) in [5.74, 6) is -0.931. The van der Waals surface area contributed by atoms with Crippen molar-refractivity contribution in [2.75, 3.05) is 4.90 Å². The minimum Gasteiger partial charge on any atom is -0.508 e. The number of carboxylic acid groups (broad SMARTS) is 1. The van der Waals surface area contributed by atoms with Crippen molar-refractivity contribution in [3.63, 3.8) is 0 Å². The highest BCUT2D eigenvalue weighted by Gasteiger charge is 2.44. The number of phenolic OH excluding ortho intramolecular Hbond substituents is 1. The first-order valence-corrected chi connectivity index (χ1v) is 12.7. The van der Waals surface area contributed by atoms with E-state index < -0.39 is 17.7 Å². The average molecular weight is 506 g/mol. The van der Waals surface area contributed by atoms with Crippen LogP contribution >= 0.6 is 0 Å². The Kier molecular flexibility index (Phi) is 7.46. The fourth-order valence-electron chi connectivity index (χ4n) is 4.99. The summed E-state index contributed by atoms with van der Waals surface area (Å²) in [5, 5.41) is 30.9. The van der Waals surface area contributed by atoms with Gasteiger partial charge in [-0.3, -0.25) is 4.79 Å². The molecule has 0 aromatic heterocycles. The molecule has 0 spiro atoms. The Morgan fingerprint density at radius 1 is 1.14 bits per heavy atom. The molecule has 7 nitrogen and oxygen atoms in total. The van der Waals surface area contributed by atoms with Crippen LogP contribution in [-0.4, -0.2) is 38.9 Å². The van der Waals surface area contributed by atoms with Crippen LogP contribution in [0.25, 0.3) is 0 Å². The molecule has 7 heteroatoms. The maximum absolute atomic E-state index is 13.2.